The van der Waals surface area contributed by atoms with Gasteiger partial charge in [-0.3, -0.25) is 4.79 Å². The van der Waals surface area contributed by atoms with Crippen LogP contribution in [0.5, 0.6) is 0 Å². The fraction of sp³-hybridized carbons (Fsp3) is 0.364. The lowest BCUT2D eigenvalue weighted by atomic mass is 10.1. The summed E-state index contributed by atoms with van der Waals surface area (Å²) in [5.41, 5.74) is 1.71. The molecule has 1 fully saturated rings. The number of piperazine rings is 1. The van der Waals surface area contributed by atoms with Gasteiger partial charge >= 0.3 is 0 Å². The minimum absolute atomic E-state index is 0.00720. The van der Waals surface area contributed by atoms with Crippen LogP contribution in [0.1, 0.15) is 20.8 Å². The molecule has 30 heavy (non-hydrogen) atoms. The molecule has 1 aromatic carbocycles. The molecule has 5 rings (SSSR count). The average Bonchev–Trinajstić information content (AvgIpc) is 3.42. The molecule has 0 saturated carbocycles. The Morgan fingerprint density at radius 2 is 1.97 bits per heavy atom. The fourth-order valence-electron chi connectivity index (χ4n) is 4.14. The van der Waals surface area contributed by atoms with Crippen LogP contribution in [-0.2, 0) is 4.79 Å². The lowest BCUT2D eigenvalue weighted by molar-refractivity contribution is -0.136. The summed E-state index contributed by atoms with van der Waals surface area (Å²) >= 11 is 1.64. The Kier molecular flexibility index (Phi) is 4.66. The van der Waals surface area contributed by atoms with Crippen LogP contribution in [-0.4, -0.2) is 56.1 Å². The second-order valence-electron chi connectivity index (χ2n) is 8.07. The van der Waals surface area contributed by atoms with Crippen molar-refractivity contribution in [3.8, 4) is 10.7 Å². The van der Waals surface area contributed by atoms with Gasteiger partial charge in [-0.25, -0.2) is 9.38 Å². The first-order chi connectivity index (χ1) is 14.5. The van der Waals surface area contributed by atoms with Crippen LogP contribution < -0.4 is 4.90 Å². The number of amides is 1. The maximum Gasteiger partial charge on any atom is 0.225 e. The van der Waals surface area contributed by atoms with Crippen LogP contribution in [0.3, 0.4) is 0 Å². The molecule has 0 N–H and O–H groups in total. The zero-order chi connectivity index (χ0) is 20.8. The van der Waals surface area contributed by atoms with Crippen molar-refractivity contribution in [1.29, 1.82) is 0 Å². The van der Waals surface area contributed by atoms with Gasteiger partial charge in [0.05, 0.1) is 10.4 Å². The van der Waals surface area contributed by atoms with E-state index in [1.165, 1.54) is 0 Å². The van der Waals surface area contributed by atoms with Crippen LogP contribution in [0.2, 0.25) is 0 Å². The van der Waals surface area contributed by atoms with E-state index < -0.39 is 0 Å². The Bertz CT molecular complexity index is 1220. The summed E-state index contributed by atoms with van der Waals surface area (Å²) in [7, 11) is 0. The third-order valence-electron chi connectivity index (χ3n) is 5.66. The third-order valence-corrected chi connectivity index (χ3v) is 6.52. The van der Waals surface area contributed by atoms with Gasteiger partial charge in [-0.2, -0.15) is 0 Å². The molecule has 0 radical (unpaired) electrons. The fourth-order valence-corrected chi connectivity index (χ4v) is 4.84. The summed E-state index contributed by atoms with van der Waals surface area (Å²) in [4.78, 5) is 22.9. The number of hydrogen-bond acceptors (Lipinski definition) is 6. The zero-order valence-electron chi connectivity index (χ0n) is 17.3. The molecule has 0 bridgehead atoms. The van der Waals surface area contributed by atoms with Crippen LogP contribution in [0.25, 0.3) is 27.3 Å². The maximum atomic E-state index is 12.6. The summed E-state index contributed by atoms with van der Waals surface area (Å²) in [5.74, 6) is 1.86. The van der Waals surface area contributed by atoms with Crippen molar-refractivity contribution in [3.63, 3.8) is 0 Å². The lowest BCUT2D eigenvalue weighted by Crippen LogP contribution is -2.55. The highest BCUT2D eigenvalue weighted by atomic mass is 32.1. The van der Waals surface area contributed by atoms with Crippen molar-refractivity contribution in [2.75, 3.05) is 24.5 Å². The van der Waals surface area contributed by atoms with E-state index in [1.54, 1.807) is 11.3 Å². The molecule has 4 heterocycles. The molecule has 4 aromatic rings. The third kappa shape index (κ3) is 3.02. The van der Waals surface area contributed by atoms with Gasteiger partial charge in [-0.05, 0) is 30.5 Å². The van der Waals surface area contributed by atoms with Gasteiger partial charge in [0.25, 0.3) is 0 Å². The standard InChI is InChI=1S/C22H24N6OS/c1-14(2)21(29)27-11-10-26(13-15(27)3)22-23-17-8-5-4-7-16(17)19-24-25-20(28(19)22)18-9-6-12-30-18/h4-9,12,14-15H,10-11,13H2,1-3H3/t15-/m1/s1. The van der Waals surface area contributed by atoms with Crippen molar-refractivity contribution in [1.82, 2.24) is 24.5 Å². The smallest absolute Gasteiger partial charge is 0.225 e. The topological polar surface area (TPSA) is 66.6 Å². The van der Waals surface area contributed by atoms with Crippen molar-refractivity contribution in [2.24, 2.45) is 5.92 Å². The molecule has 1 saturated heterocycles. The minimum Gasteiger partial charge on any atom is -0.338 e. The number of rotatable bonds is 3. The van der Waals surface area contributed by atoms with E-state index in [1.807, 2.05) is 54.5 Å². The number of para-hydroxylation sites is 1. The SMILES string of the molecule is CC(C)C(=O)N1CCN(c2nc3ccccc3c3nnc(-c4cccs4)n23)C[C@H]1C. The lowest BCUT2D eigenvalue weighted by Gasteiger charge is -2.41. The van der Waals surface area contributed by atoms with Gasteiger partial charge in [0.2, 0.25) is 11.9 Å². The van der Waals surface area contributed by atoms with E-state index in [2.05, 4.69) is 32.5 Å². The highest BCUT2D eigenvalue weighted by molar-refractivity contribution is 7.13. The monoisotopic (exact) mass is 420 g/mol. The van der Waals surface area contributed by atoms with E-state index in [-0.39, 0.29) is 17.9 Å². The van der Waals surface area contributed by atoms with Gasteiger partial charge in [-0.1, -0.05) is 32.0 Å². The Balaban J connectivity index is 1.63. The summed E-state index contributed by atoms with van der Waals surface area (Å²) in [5, 5.41) is 12.1. The normalized spacial score (nSPS) is 17.4. The number of benzene rings is 1. The molecule has 1 aliphatic heterocycles. The minimum atomic E-state index is 0.00720. The number of anilines is 1. The van der Waals surface area contributed by atoms with Crippen molar-refractivity contribution in [2.45, 2.75) is 26.8 Å². The number of thiophene rings is 1. The molecule has 154 valence electrons. The molecule has 1 atom stereocenters. The van der Waals surface area contributed by atoms with Crippen molar-refractivity contribution < 1.29 is 4.79 Å². The average molecular weight is 421 g/mol. The number of fused-ring (bicyclic) bond motifs is 3. The van der Waals surface area contributed by atoms with Crippen molar-refractivity contribution >= 4 is 39.7 Å². The van der Waals surface area contributed by atoms with E-state index in [4.69, 9.17) is 4.98 Å². The quantitative estimate of drug-likeness (QED) is 0.506. The van der Waals surface area contributed by atoms with E-state index in [0.717, 1.165) is 46.3 Å². The summed E-state index contributed by atoms with van der Waals surface area (Å²) < 4.78 is 2.07. The van der Waals surface area contributed by atoms with Gasteiger partial charge < -0.3 is 9.80 Å². The highest BCUT2D eigenvalue weighted by Crippen LogP contribution is 2.31. The first kappa shape index (κ1) is 19.0. The molecule has 3 aromatic heterocycles. The van der Waals surface area contributed by atoms with Crippen molar-refractivity contribution in [3.05, 3.63) is 41.8 Å². The summed E-state index contributed by atoms with van der Waals surface area (Å²) in [6.45, 7) is 8.16. The maximum absolute atomic E-state index is 12.6. The molecule has 1 amide bonds. The molecule has 7 nitrogen and oxygen atoms in total. The summed E-state index contributed by atoms with van der Waals surface area (Å²) in [6, 6.07) is 12.2. The Labute approximate surface area is 179 Å². The highest BCUT2D eigenvalue weighted by Gasteiger charge is 2.31. The van der Waals surface area contributed by atoms with Gasteiger partial charge in [-0.15, -0.1) is 21.5 Å². The molecule has 0 aliphatic carbocycles. The van der Waals surface area contributed by atoms with Gasteiger partial charge in [0.15, 0.2) is 11.5 Å². The van der Waals surface area contributed by atoms with E-state index in [9.17, 15) is 4.79 Å². The predicted molar refractivity (Wildman–Crippen MR) is 120 cm³/mol. The molecule has 1 aliphatic rings. The molecular formula is C22H24N6OS. The second-order valence-corrected chi connectivity index (χ2v) is 9.02. The number of aromatic nitrogens is 4. The van der Waals surface area contributed by atoms with Crippen LogP contribution >= 0.6 is 11.3 Å². The van der Waals surface area contributed by atoms with Crippen LogP contribution in [0.15, 0.2) is 41.8 Å². The first-order valence-corrected chi connectivity index (χ1v) is 11.2. The first-order valence-electron chi connectivity index (χ1n) is 10.3. The van der Waals surface area contributed by atoms with Gasteiger partial charge in [0.1, 0.15) is 0 Å². The van der Waals surface area contributed by atoms with Crippen LogP contribution in [0.4, 0.5) is 5.95 Å². The number of hydrogen-bond donors (Lipinski definition) is 0. The molecule has 8 heteroatoms. The Hall–Kier alpha value is -3.00. The number of carbonyl (C=O) groups is 1. The number of nitrogens with zero attached hydrogens (tertiary/aromatic N) is 6. The molecular weight excluding hydrogens is 396 g/mol. The Morgan fingerprint density at radius 3 is 2.70 bits per heavy atom. The van der Waals surface area contributed by atoms with Crippen LogP contribution in [0, 0.1) is 5.92 Å². The Morgan fingerprint density at radius 1 is 1.13 bits per heavy atom. The molecule has 0 spiro atoms. The predicted octanol–water partition coefficient (Wildman–Crippen LogP) is 3.70. The zero-order valence-corrected chi connectivity index (χ0v) is 18.1. The molecule has 0 unspecified atom stereocenters. The number of carbonyl (C=O) groups excluding carboxylic acids is 1. The largest absolute Gasteiger partial charge is 0.338 e. The summed E-state index contributed by atoms with van der Waals surface area (Å²) in [6.07, 6.45) is 0. The van der Waals surface area contributed by atoms with E-state index >= 15 is 0 Å². The van der Waals surface area contributed by atoms with E-state index in [0.29, 0.717) is 6.54 Å². The van der Waals surface area contributed by atoms with Gasteiger partial charge in [0, 0.05) is 37.0 Å². The second kappa shape index (κ2) is 7.36.